The third kappa shape index (κ3) is 2.13. The Morgan fingerprint density at radius 3 is 2.69 bits per heavy atom. The summed E-state index contributed by atoms with van der Waals surface area (Å²) in [4.78, 5) is 4.29. The van der Waals surface area contributed by atoms with E-state index in [4.69, 9.17) is 11.6 Å². The Labute approximate surface area is 108 Å². The van der Waals surface area contributed by atoms with Gasteiger partial charge >= 0.3 is 0 Å². The van der Waals surface area contributed by atoms with Crippen LogP contribution in [0.5, 0.6) is 0 Å². The number of benzene rings is 1. The Bertz CT molecular complexity index is 522. The van der Waals surface area contributed by atoms with Gasteiger partial charge in [0.2, 0.25) is 0 Å². The van der Waals surface area contributed by atoms with Gasteiger partial charge in [-0.3, -0.25) is 0 Å². The van der Waals surface area contributed by atoms with Crippen molar-refractivity contribution in [2.45, 2.75) is 19.2 Å². The van der Waals surface area contributed by atoms with Crippen molar-refractivity contribution in [1.29, 1.82) is 0 Å². The van der Waals surface area contributed by atoms with Crippen molar-refractivity contribution in [3.8, 4) is 5.69 Å². The second-order valence-electron chi connectivity index (χ2n) is 3.52. The summed E-state index contributed by atoms with van der Waals surface area (Å²) in [5, 5.41) is 5.82. The summed E-state index contributed by atoms with van der Waals surface area (Å²) in [6.45, 7) is 3.81. The van der Waals surface area contributed by atoms with E-state index >= 15 is 0 Å². The van der Waals surface area contributed by atoms with Crippen LogP contribution >= 0.6 is 27.5 Å². The van der Waals surface area contributed by atoms with Crippen LogP contribution in [0.2, 0.25) is 5.02 Å². The van der Waals surface area contributed by atoms with E-state index in [9.17, 15) is 0 Å². The molecule has 0 aliphatic heterocycles. The summed E-state index contributed by atoms with van der Waals surface area (Å²) in [5.74, 6) is 1.62. The van der Waals surface area contributed by atoms with Gasteiger partial charge < -0.3 is 0 Å². The quantitative estimate of drug-likeness (QED) is 0.796. The summed E-state index contributed by atoms with van der Waals surface area (Å²) in [6.07, 6.45) is 0. The molecule has 0 spiro atoms. The summed E-state index contributed by atoms with van der Waals surface area (Å²) in [5.41, 5.74) is 2.11. The van der Waals surface area contributed by atoms with Crippen LogP contribution in [-0.2, 0) is 5.33 Å². The van der Waals surface area contributed by atoms with E-state index in [1.807, 2.05) is 36.7 Å². The minimum Gasteiger partial charge on any atom is -0.218 e. The molecule has 0 unspecified atom stereocenters. The molecule has 0 atom stereocenters. The van der Waals surface area contributed by atoms with E-state index < -0.39 is 0 Å². The second-order valence-corrected chi connectivity index (χ2v) is 4.52. The van der Waals surface area contributed by atoms with E-state index in [0.717, 1.165) is 28.2 Å². The maximum Gasteiger partial charge on any atom is 0.148 e. The van der Waals surface area contributed by atoms with Crippen LogP contribution in [0.1, 0.15) is 17.2 Å². The molecule has 84 valence electrons. The molecule has 0 radical (unpaired) electrons. The minimum atomic E-state index is 0.701. The maximum absolute atomic E-state index is 6.01. The van der Waals surface area contributed by atoms with Crippen molar-refractivity contribution >= 4 is 27.5 Å². The standard InChI is InChI=1S/C11H11BrClN3/c1-7-14-8(2)16(15-7)11-5-10(13)4-3-9(11)6-12/h3-5H,6H2,1-2H3. The number of aryl methyl sites for hydroxylation is 2. The number of aromatic nitrogens is 3. The molecule has 0 bridgehead atoms. The molecule has 0 N–H and O–H groups in total. The second kappa shape index (κ2) is 4.55. The molecule has 2 rings (SSSR count). The number of halogens is 2. The van der Waals surface area contributed by atoms with Gasteiger partial charge in [-0.15, -0.1) is 0 Å². The van der Waals surface area contributed by atoms with E-state index in [1.54, 1.807) is 0 Å². The first-order valence-corrected chi connectivity index (χ1v) is 6.37. The van der Waals surface area contributed by atoms with Crippen molar-refractivity contribution in [3.05, 3.63) is 40.4 Å². The predicted molar refractivity (Wildman–Crippen MR) is 68.5 cm³/mol. The van der Waals surface area contributed by atoms with Crippen LogP contribution in [0.15, 0.2) is 18.2 Å². The zero-order valence-corrected chi connectivity index (χ0v) is 11.4. The van der Waals surface area contributed by atoms with Gasteiger partial charge in [-0.1, -0.05) is 33.6 Å². The van der Waals surface area contributed by atoms with E-state index in [-0.39, 0.29) is 0 Å². The summed E-state index contributed by atoms with van der Waals surface area (Å²) < 4.78 is 1.82. The molecule has 16 heavy (non-hydrogen) atoms. The van der Waals surface area contributed by atoms with Gasteiger partial charge in [0.25, 0.3) is 0 Å². The minimum absolute atomic E-state index is 0.701. The molecule has 2 aromatic rings. The maximum atomic E-state index is 6.01. The van der Waals surface area contributed by atoms with Crippen LogP contribution < -0.4 is 0 Å². The number of rotatable bonds is 2. The fourth-order valence-corrected chi connectivity index (χ4v) is 2.24. The molecule has 0 aliphatic carbocycles. The molecule has 0 fully saturated rings. The third-order valence-corrected chi connectivity index (χ3v) is 3.13. The van der Waals surface area contributed by atoms with E-state index in [2.05, 4.69) is 26.0 Å². The van der Waals surface area contributed by atoms with Gasteiger partial charge in [0.1, 0.15) is 11.6 Å². The monoisotopic (exact) mass is 299 g/mol. The zero-order chi connectivity index (χ0) is 11.7. The number of alkyl halides is 1. The van der Waals surface area contributed by atoms with Crippen LogP contribution in [-0.4, -0.2) is 14.8 Å². The molecular formula is C11H11BrClN3. The molecule has 0 amide bonds. The van der Waals surface area contributed by atoms with Crippen LogP contribution in [0.4, 0.5) is 0 Å². The average molecular weight is 301 g/mol. The predicted octanol–water partition coefficient (Wildman–Crippen LogP) is 3.43. The summed E-state index contributed by atoms with van der Waals surface area (Å²) >= 11 is 9.46. The zero-order valence-electron chi connectivity index (χ0n) is 9.04. The van der Waals surface area contributed by atoms with Crippen molar-refractivity contribution in [1.82, 2.24) is 14.8 Å². The third-order valence-electron chi connectivity index (χ3n) is 2.29. The summed E-state index contributed by atoms with van der Waals surface area (Å²) in [6, 6.07) is 5.77. The Balaban J connectivity index is 2.62. The highest BCUT2D eigenvalue weighted by Gasteiger charge is 2.09. The first-order valence-electron chi connectivity index (χ1n) is 4.87. The average Bonchev–Trinajstić information content (AvgIpc) is 2.57. The highest BCUT2D eigenvalue weighted by atomic mass is 79.9. The van der Waals surface area contributed by atoms with Crippen LogP contribution in [0.3, 0.4) is 0 Å². The Kier molecular flexibility index (Phi) is 3.30. The highest BCUT2D eigenvalue weighted by molar-refractivity contribution is 9.08. The van der Waals surface area contributed by atoms with Crippen molar-refractivity contribution in [2.24, 2.45) is 0 Å². The molecule has 5 heteroatoms. The number of hydrogen-bond donors (Lipinski definition) is 0. The van der Waals surface area contributed by atoms with Crippen LogP contribution in [0.25, 0.3) is 5.69 Å². The molecule has 0 saturated heterocycles. The van der Waals surface area contributed by atoms with Crippen molar-refractivity contribution < 1.29 is 0 Å². The fraction of sp³-hybridized carbons (Fsp3) is 0.273. The number of nitrogens with zero attached hydrogens (tertiary/aromatic N) is 3. The smallest absolute Gasteiger partial charge is 0.148 e. The lowest BCUT2D eigenvalue weighted by Gasteiger charge is -2.08. The van der Waals surface area contributed by atoms with E-state index in [0.29, 0.717) is 5.02 Å². The van der Waals surface area contributed by atoms with Gasteiger partial charge in [0.05, 0.1) is 5.69 Å². The first-order chi connectivity index (χ1) is 7.61. The topological polar surface area (TPSA) is 30.7 Å². The molecule has 1 aromatic carbocycles. The SMILES string of the molecule is Cc1nc(C)n(-c2cc(Cl)ccc2CBr)n1. The van der Waals surface area contributed by atoms with Crippen molar-refractivity contribution in [3.63, 3.8) is 0 Å². The van der Waals surface area contributed by atoms with Gasteiger partial charge in [-0.05, 0) is 31.5 Å². The summed E-state index contributed by atoms with van der Waals surface area (Å²) in [7, 11) is 0. The Morgan fingerprint density at radius 1 is 1.38 bits per heavy atom. The normalized spacial score (nSPS) is 10.8. The van der Waals surface area contributed by atoms with Gasteiger partial charge in [0, 0.05) is 10.4 Å². The first kappa shape index (κ1) is 11.6. The lowest BCUT2D eigenvalue weighted by molar-refractivity contribution is 0.824. The highest BCUT2D eigenvalue weighted by Crippen LogP contribution is 2.22. The molecule has 3 nitrogen and oxygen atoms in total. The van der Waals surface area contributed by atoms with Gasteiger partial charge in [-0.25, -0.2) is 9.67 Å². The van der Waals surface area contributed by atoms with Gasteiger partial charge in [0.15, 0.2) is 0 Å². The lowest BCUT2D eigenvalue weighted by atomic mass is 10.2. The molecule has 0 aliphatic rings. The molecular weight excluding hydrogens is 289 g/mol. The lowest BCUT2D eigenvalue weighted by Crippen LogP contribution is -2.02. The Hall–Kier alpha value is -0.870. The van der Waals surface area contributed by atoms with Crippen LogP contribution in [0, 0.1) is 13.8 Å². The van der Waals surface area contributed by atoms with Crippen molar-refractivity contribution in [2.75, 3.05) is 0 Å². The molecule has 1 heterocycles. The van der Waals surface area contributed by atoms with E-state index in [1.165, 1.54) is 0 Å². The Morgan fingerprint density at radius 2 is 2.12 bits per heavy atom. The molecule has 1 aromatic heterocycles. The number of hydrogen-bond acceptors (Lipinski definition) is 2. The molecule has 0 saturated carbocycles. The van der Waals surface area contributed by atoms with Gasteiger partial charge in [-0.2, -0.15) is 5.10 Å². The fourth-order valence-electron chi connectivity index (χ4n) is 1.60. The largest absolute Gasteiger partial charge is 0.218 e.